The number of halogens is 4. The smallest absolute Gasteiger partial charge is 0.387 e. The number of hydrogen-bond donors (Lipinski definition) is 1. The molecule has 2 aromatic rings. The van der Waals surface area contributed by atoms with Crippen LogP contribution >= 0.6 is 15.9 Å². The first-order valence-electron chi connectivity index (χ1n) is 6.67. The van der Waals surface area contributed by atoms with Crippen LogP contribution in [0.5, 0.6) is 5.75 Å². The quantitative estimate of drug-likeness (QED) is 0.808. The molecule has 1 amide bonds. The molecule has 1 N–H and O–H groups in total. The third-order valence-corrected chi connectivity index (χ3v) is 3.80. The van der Waals surface area contributed by atoms with Crippen molar-refractivity contribution in [3.05, 3.63) is 63.9 Å². The first-order valence-corrected chi connectivity index (χ1v) is 7.47. The van der Waals surface area contributed by atoms with Gasteiger partial charge in [-0.2, -0.15) is 8.78 Å². The van der Waals surface area contributed by atoms with E-state index in [2.05, 4.69) is 26.0 Å². The number of alkyl halides is 2. The SMILES string of the molecule is C[C@H](NC(=O)c1cc(F)ccc1Br)c1cccc(OC(F)F)c1. The maximum Gasteiger partial charge on any atom is 0.387 e. The summed E-state index contributed by atoms with van der Waals surface area (Å²) >= 11 is 3.19. The van der Waals surface area contributed by atoms with E-state index in [1.54, 1.807) is 19.1 Å². The lowest BCUT2D eigenvalue weighted by molar-refractivity contribution is -0.0499. The molecule has 0 aliphatic heterocycles. The highest BCUT2D eigenvalue weighted by atomic mass is 79.9. The van der Waals surface area contributed by atoms with E-state index < -0.39 is 24.4 Å². The van der Waals surface area contributed by atoms with Gasteiger partial charge in [-0.1, -0.05) is 12.1 Å². The van der Waals surface area contributed by atoms with Crippen molar-refractivity contribution in [2.24, 2.45) is 0 Å². The minimum absolute atomic E-state index is 0.00513. The van der Waals surface area contributed by atoms with Crippen LogP contribution in [0.25, 0.3) is 0 Å². The zero-order valence-electron chi connectivity index (χ0n) is 12.0. The van der Waals surface area contributed by atoms with Gasteiger partial charge in [0.05, 0.1) is 11.6 Å². The van der Waals surface area contributed by atoms with Gasteiger partial charge in [0.25, 0.3) is 5.91 Å². The largest absolute Gasteiger partial charge is 0.435 e. The van der Waals surface area contributed by atoms with E-state index in [1.807, 2.05) is 0 Å². The Morgan fingerprint density at radius 1 is 1.22 bits per heavy atom. The van der Waals surface area contributed by atoms with Crippen molar-refractivity contribution in [1.82, 2.24) is 5.32 Å². The number of ether oxygens (including phenoxy) is 1. The fourth-order valence-corrected chi connectivity index (χ4v) is 2.42. The summed E-state index contributed by atoms with van der Waals surface area (Å²) in [5.41, 5.74) is 0.737. The number of benzene rings is 2. The molecule has 0 heterocycles. The molecule has 0 saturated heterocycles. The minimum atomic E-state index is -2.92. The summed E-state index contributed by atoms with van der Waals surface area (Å²) in [4.78, 5) is 12.2. The monoisotopic (exact) mass is 387 g/mol. The molecule has 0 bridgehead atoms. The maximum absolute atomic E-state index is 13.3. The van der Waals surface area contributed by atoms with Gasteiger partial charge in [0, 0.05) is 4.47 Å². The maximum atomic E-state index is 13.3. The van der Waals surface area contributed by atoms with Crippen LogP contribution in [0.1, 0.15) is 28.9 Å². The van der Waals surface area contributed by atoms with E-state index in [9.17, 15) is 18.0 Å². The lowest BCUT2D eigenvalue weighted by atomic mass is 10.1. The predicted octanol–water partition coefficient (Wildman–Crippen LogP) is 4.68. The van der Waals surface area contributed by atoms with E-state index in [0.717, 1.165) is 6.07 Å². The number of nitrogens with one attached hydrogen (secondary N) is 1. The first-order chi connectivity index (χ1) is 10.9. The molecule has 0 aromatic heterocycles. The molecule has 3 nitrogen and oxygen atoms in total. The molecule has 2 rings (SSSR count). The average molecular weight is 388 g/mol. The zero-order chi connectivity index (χ0) is 17.0. The number of carbonyl (C=O) groups excluding carboxylic acids is 1. The zero-order valence-corrected chi connectivity index (χ0v) is 13.6. The van der Waals surface area contributed by atoms with Crippen LogP contribution < -0.4 is 10.1 Å². The molecule has 0 fully saturated rings. The summed E-state index contributed by atoms with van der Waals surface area (Å²) in [7, 11) is 0. The van der Waals surface area contributed by atoms with Crippen molar-refractivity contribution in [2.45, 2.75) is 19.6 Å². The molecule has 0 unspecified atom stereocenters. The van der Waals surface area contributed by atoms with Gasteiger partial charge in [0.15, 0.2) is 0 Å². The Balaban J connectivity index is 2.13. The van der Waals surface area contributed by atoms with Crippen molar-refractivity contribution in [1.29, 1.82) is 0 Å². The Labute approximate surface area is 139 Å². The highest BCUT2D eigenvalue weighted by molar-refractivity contribution is 9.10. The molecule has 23 heavy (non-hydrogen) atoms. The Bertz CT molecular complexity index is 709. The van der Waals surface area contributed by atoms with Gasteiger partial charge in [-0.05, 0) is 58.7 Å². The number of amides is 1. The summed E-state index contributed by atoms with van der Waals surface area (Å²) in [6, 6.07) is 9.34. The van der Waals surface area contributed by atoms with Crippen LogP contribution in [0.3, 0.4) is 0 Å². The Hall–Kier alpha value is -2.02. The summed E-state index contributed by atoms with van der Waals surface area (Å²) in [5.74, 6) is -1.01. The van der Waals surface area contributed by atoms with Gasteiger partial charge in [-0.25, -0.2) is 4.39 Å². The van der Waals surface area contributed by atoms with Crippen LogP contribution in [0.15, 0.2) is 46.9 Å². The van der Waals surface area contributed by atoms with Crippen molar-refractivity contribution >= 4 is 21.8 Å². The van der Waals surface area contributed by atoms with Crippen LogP contribution in [0.4, 0.5) is 13.2 Å². The molecule has 7 heteroatoms. The van der Waals surface area contributed by atoms with Gasteiger partial charge in [-0.3, -0.25) is 4.79 Å². The van der Waals surface area contributed by atoms with Crippen molar-refractivity contribution in [2.75, 3.05) is 0 Å². The lowest BCUT2D eigenvalue weighted by Gasteiger charge is -2.16. The molecule has 0 saturated carbocycles. The molecule has 1 atom stereocenters. The van der Waals surface area contributed by atoms with Crippen LogP contribution in [-0.2, 0) is 0 Å². The van der Waals surface area contributed by atoms with E-state index in [4.69, 9.17) is 0 Å². The molecular weight excluding hydrogens is 375 g/mol. The van der Waals surface area contributed by atoms with Gasteiger partial charge in [-0.15, -0.1) is 0 Å². The topological polar surface area (TPSA) is 38.3 Å². The average Bonchev–Trinajstić information content (AvgIpc) is 2.49. The normalized spacial score (nSPS) is 12.1. The highest BCUT2D eigenvalue weighted by Gasteiger charge is 2.15. The van der Waals surface area contributed by atoms with Crippen molar-refractivity contribution in [3.8, 4) is 5.75 Å². The standard InChI is InChI=1S/C16H13BrF3NO2/c1-9(10-3-2-4-12(7-10)23-16(19)20)21-15(22)13-8-11(18)5-6-14(13)17/h2-9,16H,1H3,(H,21,22)/t9-/m0/s1. The number of carbonyl (C=O) groups is 1. The Morgan fingerprint density at radius 3 is 2.65 bits per heavy atom. The molecular formula is C16H13BrF3NO2. The van der Waals surface area contributed by atoms with Crippen molar-refractivity contribution in [3.63, 3.8) is 0 Å². The Morgan fingerprint density at radius 2 is 1.96 bits per heavy atom. The van der Waals surface area contributed by atoms with Gasteiger partial charge in [0.2, 0.25) is 0 Å². The van der Waals surface area contributed by atoms with Gasteiger partial charge >= 0.3 is 6.61 Å². The molecule has 2 aromatic carbocycles. The molecule has 122 valence electrons. The van der Waals surface area contributed by atoms with Gasteiger partial charge < -0.3 is 10.1 Å². The predicted molar refractivity (Wildman–Crippen MR) is 83.1 cm³/mol. The summed E-state index contributed by atoms with van der Waals surface area (Å²) < 4.78 is 42.5. The molecule has 0 aliphatic rings. The van der Waals surface area contributed by atoms with E-state index in [0.29, 0.717) is 10.0 Å². The second-order valence-electron chi connectivity index (χ2n) is 4.77. The van der Waals surface area contributed by atoms with Crippen LogP contribution in [0, 0.1) is 5.82 Å². The fourth-order valence-electron chi connectivity index (χ4n) is 1.99. The van der Waals surface area contributed by atoms with E-state index >= 15 is 0 Å². The molecule has 0 spiro atoms. The second kappa shape index (κ2) is 7.50. The summed E-state index contributed by atoms with van der Waals surface area (Å²) in [5, 5.41) is 2.68. The first kappa shape index (κ1) is 17.3. The van der Waals surface area contributed by atoms with E-state index in [1.165, 1.54) is 24.3 Å². The number of rotatable bonds is 5. The summed E-state index contributed by atoms with van der Waals surface area (Å²) in [6.45, 7) is -1.23. The van der Waals surface area contributed by atoms with Crippen LogP contribution in [0.2, 0.25) is 0 Å². The van der Waals surface area contributed by atoms with Crippen LogP contribution in [-0.4, -0.2) is 12.5 Å². The highest BCUT2D eigenvalue weighted by Crippen LogP contribution is 2.22. The lowest BCUT2D eigenvalue weighted by Crippen LogP contribution is -2.27. The minimum Gasteiger partial charge on any atom is -0.435 e. The third-order valence-electron chi connectivity index (χ3n) is 3.10. The Kier molecular flexibility index (Phi) is 5.65. The van der Waals surface area contributed by atoms with Crippen molar-refractivity contribution < 1.29 is 22.7 Å². The fraction of sp³-hybridized carbons (Fsp3) is 0.188. The summed E-state index contributed by atoms with van der Waals surface area (Å²) in [6.07, 6.45) is 0. The van der Waals surface area contributed by atoms with Gasteiger partial charge in [0.1, 0.15) is 11.6 Å². The third kappa shape index (κ3) is 4.72. The molecule has 0 aliphatic carbocycles. The number of hydrogen-bond acceptors (Lipinski definition) is 2. The van der Waals surface area contributed by atoms with E-state index in [-0.39, 0.29) is 11.3 Å². The second-order valence-corrected chi connectivity index (χ2v) is 5.62. The molecule has 0 radical (unpaired) electrons.